The van der Waals surface area contributed by atoms with E-state index in [0.29, 0.717) is 36.0 Å². The summed E-state index contributed by atoms with van der Waals surface area (Å²) in [6.45, 7) is 1.29. The number of aromatic nitrogens is 1. The van der Waals surface area contributed by atoms with Gasteiger partial charge in [-0.05, 0) is 11.6 Å². The van der Waals surface area contributed by atoms with Crippen LogP contribution in [0.1, 0.15) is 10.4 Å². The first-order valence-electron chi connectivity index (χ1n) is 6.50. The molecule has 0 spiro atoms. The SMILES string of the molecule is O=C(Nc1ncc(Cc2ccccc2F)s1)C1=NCCN1. The molecule has 1 aromatic carbocycles. The Bertz CT molecular complexity index is 698. The smallest absolute Gasteiger partial charge is 0.292 e. The Morgan fingerprint density at radius 1 is 1.43 bits per heavy atom. The van der Waals surface area contributed by atoms with Crippen molar-refractivity contribution in [3.05, 3.63) is 46.7 Å². The second-order valence-electron chi connectivity index (χ2n) is 4.51. The predicted molar refractivity (Wildman–Crippen MR) is 80.3 cm³/mol. The van der Waals surface area contributed by atoms with Crippen molar-refractivity contribution in [2.75, 3.05) is 18.4 Å². The van der Waals surface area contributed by atoms with Gasteiger partial charge in [0.15, 0.2) is 11.0 Å². The zero-order valence-corrected chi connectivity index (χ0v) is 11.9. The van der Waals surface area contributed by atoms with Crippen LogP contribution >= 0.6 is 11.3 Å². The number of hydrogen-bond donors (Lipinski definition) is 2. The number of amidine groups is 1. The molecule has 0 radical (unpaired) electrons. The lowest BCUT2D eigenvalue weighted by atomic mass is 10.1. The maximum absolute atomic E-state index is 13.6. The van der Waals surface area contributed by atoms with E-state index in [1.807, 2.05) is 0 Å². The fourth-order valence-electron chi connectivity index (χ4n) is 1.98. The van der Waals surface area contributed by atoms with Crippen molar-refractivity contribution >= 4 is 28.2 Å². The van der Waals surface area contributed by atoms with Gasteiger partial charge < -0.3 is 5.32 Å². The molecule has 0 atom stereocenters. The Labute approximate surface area is 124 Å². The molecule has 1 aromatic heterocycles. The summed E-state index contributed by atoms with van der Waals surface area (Å²) in [4.78, 5) is 20.9. The molecule has 5 nitrogen and oxygen atoms in total. The van der Waals surface area contributed by atoms with Gasteiger partial charge in [0.25, 0.3) is 5.91 Å². The van der Waals surface area contributed by atoms with Crippen LogP contribution in [-0.4, -0.2) is 29.8 Å². The zero-order valence-electron chi connectivity index (χ0n) is 11.1. The largest absolute Gasteiger partial charge is 0.364 e. The lowest BCUT2D eigenvalue weighted by molar-refractivity contribution is -0.110. The minimum absolute atomic E-state index is 0.235. The summed E-state index contributed by atoms with van der Waals surface area (Å²) in [5, 5.41) is 6.07. The van der Waals surface area contributed by atoms with Crippen molar-refractivity contribution in [2.45, 2.75) is 6.42 Å². The van der Waals surface area contributed by atoms with E-state index in [-0.39, 0.29) is 11.7 Å². The van der Waals surface area contributed by atoms with Crippen LogP contribution in [0.15, 0.2) is 35.5 Å². The van der Waals surface area contributed by atoms with Gasteiger partial charge in [-0.3, -0.25) is 15.1 Å². The van der Waals surface area contributed by atoms with E-state index < -0.39 is 0 Å². The van der Waals surface area contributed by atoms with E-state index in [1.54, 1.807) is 24.4 Å². The van der Waals surface area contributed by atoms with Gasteiger partial charge in [0.05, 0.1) is 6.54 Å². The molecular weight excluding hydrogens is 291 g/mol. The highest BCUT2D eigenvalue weighted by Gasteiger charge is 2.16. The van der Waals surface area contributed by atoms with Crippen LogP contribution in [0.2, 0.25) is 0 Å². The molecule has 2 aromatic rings. The van der Waals surface area contributed by atoms with Gasteiger partial charge in [0.2, 0.25) is 0 Å². The summed E-state index contributed by atoms with van der Waals surface area (Å²) >= 11 is 1.33. The first-order chi connectivity index (χ1) is 10.2. The highest BCUT2D eigenvalue weighted by Crippen LogP contribution is 2.22. The average Bonchev–Trinajstić information content (AvgIpc) is 3.13. The quantitative estimate of drug-likeness (QED) is 0.905. The molecule has 21 heavy (non-hydrogen) atoms. The second kappa shape index (κ2) is 6.01. The molecule has 2 N–H and O–H groups in total. The molecule has 1 amide bonds. The van der Waals surface area contributed by atoms with Crippen molar-refractivity contribution in [1.29, 1.82) is 0 Å². The molecule has 3 rings (SSSR count). The fourth-order valence-corrected chi connectivity index (χ4v) is 2.81. The number of hydrogen-bond acceptors (Lipinski definition) is 5. The number of halogens is 1. The third kappa shape index (κ3) is 3.25. The lowest BCUT2D eigenvalue weighted by Crippen LogP contribution is -2.32. The normalized spacial score (nSPS) is 13.7. The number of carbonyl (C=O) groups is 1. The number of nitrogens with zero attached hydrogens (tertiary/aromatic N) is 2. The van der Waals surface area contributed by atoms with Crippen LogP contribution in [-0.2, 0) is 11.2 Å². The molecule has 0 bridgehead atoms. The van der Waals surface area contributed by atoms with Crippen molar-refractivity contribution in [3.8, 4) is 0 Å². The van der Waals surface area contributed by atoms with E-state index in [9.17, 15) is 9.18 Å². The monoisotopic (exact) mass is 304 g/mol. The molecule has 108 valence electrons. The van der Waals surface area contributed by atoms with Crippen molar-refractivity contribution < 1.29 is 9.18 Å². The minimum atomic E-state index is -0.292. The zero-order chi connectivity index (χ0) is 14.7. The van der Waals surface area contributed by atoms with E-state index in [4.69, 9.17) is 0 Å². The number of carbonyl (C=O) groups excluding carboxylic acids is 1. The summed E-state index contributed by atoms with van der Waals surface area (Å²) in [6, 6.07) is 6.63. The predicted octanol–water partition coefficient (Wildman–Crippen LogP) is 1.81. The first kappa shape index (κ1) is 13.7. The molecule has 0 saturated heterocycles. The highest BCUT2D eigenvalue weighted by atomic mass is 32.1. The summed E-state index contributed by atoms with van der Waals surface area (Å²) in [6.07, 6.45) is 2.11. The number of amides is 1. The molecule has 0 fully saturated rings. The van der Waals surface area contributed by atoms with E-state index in [1.165, 1.54) is 17.4 Å². The fraction of sp³-hybridized carbons (Fsp3) is 0.214. The van der Waals surface area contributed by atoms with Crippen molar-refractivity contribution in [2.24, 2.45) is 4.99 Å². The Morgan fingerprint density at radius 3 is 3.05 bits per heavy atom. The standard InChI is InChI=1S/C14H13FN4OS/c15-11-4-2-1-3-9(11)7-10-8-18-14(21-10)19-13(20)12-16-5-6-17-12/h1-4,8H,5-7H2,(H,16,17)(H,18,19,20). The topological polar surface area (TPSA) is 66.4 Å². The molecular formula is C14H13FN4OS. The van der Waals surface area contributed by atoms with E-state index >= 15 is 0 Å². The number of benzene rings is 1. The number of nitrogens with one attached hydrogen (secondary N) is 2. The Morgan fingerprint density at radius 2 is 2.29 bits per heavy atom. The Kier molecular flexibility index (Phi) is 3.92. The van der Waals surface area contributed by atoms with Crippen LogP contribution in [0.5, 0.6) is 0 Å². The highest BCUT2D eigenvalue weighted by molar-refractivity contribution is 7.15. The van der Waals surface area contributed by atoms with Crippen LogP contribution in [0.25, 0.3) is 0 Å². The molecule has 0 aliphatic carbocycles. The maximum Gasteiger partial charge on any atom is 0.292 e. The van der Waals surface area contributed by atoms with Crippen LogP contribution < -0.4 is 10.6 Å². The Balaban J connectivity index is 1.66. The van der Waals surface area contributed by atoms with Crippen LogP contribution in [0.3, 0.4) is 0 Å². The Hall–Kier alpha value is -2.28. The molecule has 1 aliphatic heterocycles. The third-order valence-corrected chi connectivity index (χ3v) is 3.90. The molecule has 7 heteroatoms. The number of anilines is 1. The van der Waals surface area contributed by atoms with Crippen LogP contribution in [0, 0.1) is 5.82 Å². The molecule has 0 saturated carbocycles. The number of thiazole rings is 1. The summed E-state index contributed by atoms with van der Waals surface area (Å²) in [5.41, 5.74) is 0.612. The van der Waals surface area contributed by atoms with Gasteiger partial charge in [-0.1, -0.05) is 18.2 Å². The maximum atomic E-state index is 13.6. The lowest BCUT2D eigenvalue weighted by Gasteiger charge is -2.01. The van der Waals surface area contributed by atoms with Crippen LogP contribution in [0.4, 0.5) is 9.52 Å². The number of aliphatic imine (C=N–C) groups is 1. The third-order valence-electron chi connectivity index (χ3n) is 2.99. The van der Waals surface area contributed by atoms with Crippen molar-refractivity contribution in [3.63, 3.8) is 0 Å². The number of rotatable bonds is 4. The molecule has 1 aliphatic rings. The van der Waals surface area contributed by atoms with Crippen molar-refractivity contribution in [1.82, 2.24) is 10.3 Å². The van der Waals surface area contributed by atoms with Gasteiger partial charge in [-0.25, -0.2) is 9.37 Å². The molecule has 0 unspecified atom stereocenters. The average molecular weight is 304 g/mol. The summed E-state index contributed by atoms with van der Waals surface area (Å²) in [5.74, 6) is -0.193. The van der Waals surface area contributed by atoms with Gasteiger partial charge in [0, 0.05) is 24.0 Å². The minimum Gasteiger partial charge on any atom is -0.364 e. The van der Waals surface area contributed by atoms with Gasteiger partial charge in [-0.15, -0.1) is 11.3 Å². The summed E-state index contributed by atoms with van der Waals surface area (Å²) < 4.78 is 13.6. The van der Waals surface area contributed by atoms with E-state index in [0.717, 1.165) is 4.88 Å². The van der Waals surface area contributed by atoms with Gasteiger partial charge >= 0.3 is 0 Å². The van der Waals surface area contributed by atoms with Gasteiger partial charge in [-0.2, -0.15) is 0 Å². The van der Waals surface area contributed by atoms with Gasteiger partial charge in [0.1, 0.15) is 5.82 Å². The molecule has 2 heterocycles. The first-order valence-corrected chi connectivity index (χ1v) is 7.32. The summed E-state index contributed by atoms with van der Waals surface area (Å²) in [7, 11) is 0. The van der Waals surface area contributed by atoms with E-state index in [2.05, 4.69) is 20.6 Å². The second-order valence-corrected chi connectivity index (χ2v) is 5.63.